The zero-order chi connectivity index (χ0) is 21.8. The lowest BCUT2D eigenvalue weighted by molar-refractivity contribution is -0.118. The first-order valence-corrected chi connectivity index (χ1v) is 9.63. The molecule has 0 aromatic heterocycles. The van der Waals surface area contributed by atoms with Crippen LogP contribution in [0.1, 0.15) is 42.2 Å². The normalized spacial score (nSPS) is 16.0. The average molecular weight is 409 g/mol. The molecule has 1 heterocycles. The van der Waals surface area contributed by atoms with Crippen LogP contribution in [0, 0.1) is 0 Å². The van der Waals surface area contributed by atoms with Crippen molar-refractivity contribution >= 4 is 23.3 Å². The molecule has 1 unspecified atom stereocenters. The summed E-state index contributed by atoms with van der Waals surface area (Å²) in [4.78, 5) is 38.8. The van der Waals surface area contributed by atoms with Crippen molar-refractivity contribution in [3.63, 3.8) is 0 Å². The molecule has 0 saturated carbocycles. The molecule has 0 bridgehead atoms. The highest BCUT2D eigenvalue weighted by Gasteiger charge is 2.43. The highest BCUT2D eigenvalue weighted by molar-refractivity contribution is 6.16. The van der Waals surface area contributed by atoms with Gasteiger partial charge in [-0.25, -0.2) is 4.79 Å². The molecule has 7 nitrogen and oxygen atoms in total. The van der Waals surface area contributed by atoms with Crippen molar-refractivity contribution < 1.29 is 29.0 Å². The molecule has 0 fully saturated rings. The summed E-state index contributed by atoms with van der Waals surface area (Å²) in [6.07, 6.45) is 0.148. The first kappa shape index (κ1) is 21.1. The van der Waals surface area contributed by atoms with Gasteiger partial charge in [0.25, 0.3) is 5.91 Å². The Balaban J connectivity index is 2.06. The van der Waals surface area contributed by atoms with Gasteiger partial charge in [-0.05, 0) is 48.9 Å². The molecule has 1 aliphatic heterocycles. The summed E-state index contributed by atoms with van der Waals surface area (Å²) in [5, 5.41) is 10.5. The minimum Gasteiger partial charge on any atom is -0.503 e. The predicted octanol–water partition coefficient (Wildman–Crippen LogP) is 3.75. The molecular weight excluding hydrogens is 386 g/mol. The monoisotopic (exact) mass is 409 g/mol. The highest BCUT2D eigenvalue weighted by Crippen LogP contribution is 2.41. The first-order chi connectivity index (χ1) is 14.4. The Hall–Kier alpha value is -3.61. The van der Waals surface area contributed by atoms with E-state index in [2.05, 4.69) is 0 Å². The van der Waals surface area contributed by atoms with Gasteiger partial charge in [-0.3, -0.25) is 14.5 Å². The fraction of sp³-hybridized carbons (Fsp3) is 0.261. The number of amides is 1. The summed E-state index contributed by atoms with van der Waals surface area (Å²) >= 11 is 0. The highest BCUT2D eigenvalue weighted by atomic mass is 16.5. The number of ether oxygens (including phenoxy) is 2. The van der Waals surface area contributed by atoms with Gasteiger partial charge in [-0.2, -0.15) is 0 Å². The van der Waals surface area contributed by atoms with Crippen molar-refractivity contribution in [1.29, 1.82) is 0 Å². The standard InChI is InChI=1S/C23H23NO6/c1-4-18(25)19-20(14-8-12-17(29-3)13-9-14)24(22(27)21(19)26)16-10-6-15(7-11-16)23(28)30-5-2/h6-13,20,26H,4-5H2,1-3H3. The number of Topliss-reactive ketones (excluding diaryl/α,β-unsaturated/α-hetero) is 1. The number of rotatable bonds is 7. The first-order valence-electron chi connectivity index (χ1n) is 9.63. The van der Waals surface area contributed by atoms with Gasteiger partial charge >= 0.3 is 5.97 Å². The molecule has 156 valence electrons. The van der Waals surface area contributed by atoms with E-state index >= 15 is 0 Å². The Morgan fingerprint density at radius 3 is 2.20 bits per heavy atom. The van der Waals surface area contributed by atoms with Gasteiger partial charge in [-0.1, -0.05) is 19.1 Å². The van der Waals surface area contributed by atoms with E-state index in [9.17, 15) is 19.5 Å². The molecule has 1 atom stereocenters. The Kier molecular flexibility index (Phi) is 6.20. The van der Waals surface area contributed by atoms with Crippen molar-refractivity contribution in [2.24, 2.45) is 0 Å². The zero-order valence-electron chi connectivity index (χ0n) is 17.0. The number of carbonyl (C=O) groups excluding carboxylic acids is 3. The van der Waals surface area contributed by atoms with Gasteiger partial charge in [0.2, 0.25) is 0 Å². The Bertz CT molecular complexity index is 991. The fourth-order valence-electron chi connectivity index (χ4n) is 3.42. The molecule has 2 aromatic carbocycles. The predicted molar refractivity (Wildman–Crippen MR) is 111 cm³/mol. The number of anilines is 1. The molecular formula is C23H23NO6. The van der Waals surface area contributed by atoms with Gasteiger partial charge in [0.15, 0.2) is 11.5 Å². The van der Waals surface area contributed by atoms with Crippen LogP contribution in [0.4, 0.5) is 5.69 Å². The second kappa shape index (κ2) is 8.82. The molecule has 1 amide bonds. The van der Waals surface area contributed by atoms with Crippen LogP contribution in [0.3, 0.4) is 0 Å². The van der Waals surface area contributed by atoms with E-state index < -0.39 is 23.7 Å². The number of hydrogen-bond acceptors (Lipinski definition) is 6. The largest absolute Gasteiger partial charge is 0.503 e. The third-order valence-electron chi connectivity index (χ3n) is 4.92. The van der Waals surface area contributed by atoms with Crippen molar-refractivity contribution in [2.45, 2.75) is 26.3 Å². The molecule has 0 aliphatic carbocycles. The van der Waals surface area contributed by atoms with E-state index in [0.29, 0.717) is 22.6 Å². The van der Waals surface area contributed by atoms with Crippen LogP contribution in [0.2, 0.25) is 0 Å². The van der Waals surface area contributed by atoms with Crippen molar-refractivity contribution in [3.8, 4) is 5.75 Å². The minimum absolute atomic E-state index is 0.0575. The van der Waals surface area contributed by atoms with Crippen LogP contribution in [-0.4, -0.2) is 36.5 Å². The number of esters is 1. The summed E-state index contributed by atoms with van der Waals surface area (Å²) < 4.78 is 10.2. The minimum atomic E-state index is -0.788. The van der Waals surface area contributed by atoms with E-state index in [-0.39, 0.29) is 24.4 Å². The molecule has 0 saturated heterocycles. The Morgan fingerprint density at radius 1 is 1.03 bits per heavy atom. The quantitative estimate of drug-likeness (QED) is 0.700. The Morgan fingerprint density at radius 2 is 1.67 bits per heavy atom. The maximum absolute atomic E-state index is 12.9. The van der Waals surface area contributed by atoms with E-state index in [1.807, 2.05) is 0 Å². The molecule has 3 rings (SSSR count). The Labute approximate surface area is 174 Å². The summed E-state index contributed by atoms with van der Waals surface area (Å²) in [5.41, 5.74) is 1.50. The average Bonchev–Trinajstić information content (AvgIpc) is 3.04. The number of hydrogen-bond donors (Lipinski definition) is 1. The fourth-order valence-corrected chi connectivity index (χ4v) is 3.42. The smallest absolute Gasteiger partial charge is 0.338 e. The van der Waals surface area contributed by atoms with Gasteiger partial charge in [-0.15, -0.1) is 0 Å². The second-order valence-electron chi connectivity index (χ2n) is 6.66. The van der Waals surface area contributed by atoms with Crippen molar-refractivity contribution in [3.05, 3.63) is 71.0 Å². The number of methoxy groups -OCH3 is 1. The molecule has 1 aliphatic rings. The number of nitrogens with zero attached hydrogens (tertiary/aromatic N) is 1. The summed E-state index contributed by atoms with van der Waals surface area (Å²) in [5.74, 6) is -1.38. The summed E-state index contributed by atoms with van der Waals surface area (Å²) in [6, 6.07) is 12.4. The lowest BCUT2D eigenvalue weighted by atomic mass is 9.94. The molecule has 1 N–H and O–H groups in total. The second-order valence-corrected chi connectivity index (χ2v) is 6.66. The maximum Gasteiger partial charge on any atom is 0.338 e. The van der Waals surface area contributed by atoms with E-state index in [1.165, 1.54) is 4.90 Å². The zero-order valence-corrected chi connectivity index (χ0v) is 17.0. The number of aliphatic hydroxyl groups excluding tert-OH is 1. The van der Waals surface area contributed by atoms with Crippen molar-refractivity contribution in [2.75, 3.05) is 18.6 Å². The number of ketones is 1. The molecule has 2 aromatic rings. The van der Waals surface area contributed by atoms with Gasteiger partial charge in [0, 0.05) is 12.1 Å². The van der Waals surface area contributed by atoms with E-state index in [0.717, 1.165) is 0 Å². The van der Waals surface area contributed by atoms with E-state index in [1.54, 1.807) is 69.5 Å². The van der Waals surface area contributed by atoms with Crippen LogP contribution < -0.4 is 9.64 Å². The third-order valence-corrected chi connectivity index (χ3v) is 4.92. The number of aliphatic hydroxyl groups is 1. The van der Waals surface area contributed by atoms with Gasteiger partial charge < -0.3 is 14.6 Å². The van der Waals surface area contributed by atoms with Crippen LogP contribution >= 0.6 is 0 Å². The number of carbonyl (C=O) groups is 3. The molecule has 0 spiro atoms. The molecule has 0 radical (unpaired) electrons. The van der Waals surface area contributed by atoms with Crippen molar-refractivity contribution in [1.82, 2.24) is 0 Å². The van der Waals surface area contributed by atoms with E-state index in [4.69, 9.17) is 9.47 Å². The number of benzene rings is 2. The summed E-state index contributed by atoms with van der Waals surface area (Å²) in [7, 11) is 1.54. The lowest BCUT2D eigenvalue weighted by Crippen LogP contribution is -2.31. The maximum atomic E-state index is 12.9. The van der Waals surface area contributed by atoms with Gasteiger partial charge in [0.05, 0.1) is 30.9 Å². The molecule has 7 heteroatoms. The van der Waals surface area contributed by atoms with Crippen LogP contribution in [0.5, 0.6) is 5.75 Å². The lowest BCUT2D eigenvalue weighted by Gasteiger charge is -2.27. The molecule has 30 heavy (non-hydrogen) atoms. The summed E-state index contributed by atoms with van der Waals surface area (Å²) in [6.45, 7) is 3.65. The topological polar surface area (TPSA) is 93.1 Å². The van der Waals surface area contributed by atoms with Gasteiger partial charge in [0.1, 0.15) is 5.75 Å². The third kappa shape index (κ3) is 3.78. The van der Waals surface area contributed by atoms with Crippen LogP contribution in [-0.2, 0) is 14.3 Å². The SMILES string of the molecule is CCOC(=O)c1ccc(N2C(=O)C(O)=C(C(=O)CC)C2c2ccc(OC)cc2)cc1. The van der Waals surface area contributed by atoms with Crippen LogP contribution in [0.25, 0.3) is 0 Å². The van der Waals surface area contributed by atoms with Crippen LogP contribution in [0.15, 0.2) is 59.9 Å².